The Morgan fingerprint density at radius 3 is 2.48 bits per heavy atom. The number of hydrogen-bond acceptors (Lipinski definition) is 5. The number of carbonyl (C=O) groups is 2. The monoisotopic (exact) mass is 394 g/mol. The van der Waals surface area contributed by atoms with Crippen LogP contribution in [0.3, 0.4) is 0 Å². The molecule has 0 aliphatic carbocycles. The summed E-state index contributed by atoms with van der Waals surface area (Å²) in [5.41, 5.74) is 1.89. The largest absolute Gasteiger partial charge is 0.493 e. The topological polar surface area (TPSA) is 109 Å². The maximum atomic E-state index is 12.5. The second-order valence-electron chi connectivity index (χ2n) is 6.15. The molecule has 150 valence electrons. The van der Waals surface area contributed by atoms with E-state index < -0.39 is 18.0 Å². The van der Waals surface area contributed by atoms with E-state index in [1.54, 1.807) is 30.3 Å². The number of benzene rings is 2. The lowest BCUT2D eigenvalue weighted by Crippen LogP contribution is -2.23. The number of anilines is 1. The third kappa shape index (κ3) is 5.59. The van der Waals surface area contributed by atoms with E-state index in [1.165, 1.54) is 20.1 Å². The molecule has 0 saturated heterocycles. The molecule has 2 aromatic carbocycles. The van der Waals surface area contributed by atoms with Crippen LogP contribution in [0.5, 0.6) is 11.5 Å². The number of ether oxygens (including phenoxy) is 2. The number of hydrogen-bond donors (Lipinski definition) is 2. The number of aliphatic carboxylic acids is 1. The molecule has 0 aromatic heterocycles. The van der Waals surface area contributed by atoms with Gasteiger partial charge in [-0.25, -0.2) is 4.79 Å². The zero-order chi connectivity index (χ0) is 21.4. The molecule has 7 heteroatoms. The van der Waals surface area contributed by atoms with Crippen molar-refractivity contribution in [3.8, 4) is 17.6 Å². The van der Waals surface area contributed by atoms with Crippen molar-refractivity contribution in [3.05, 3.63) is 59.2 Å². The number of carbonyl (C=O) groups excluding carboxylic acids is 1. The Morgan fingerprint density at radius 1 is 1.24 bits per heavy atom. The van der Waals surface area contributed by atoms with E-state index in [2.05, 4.69) is 5.32 Å². The molecule has 29 heavy (non-hydrogen) atoms. The van der Waals surface area contributed by atoms with E-state index in [-0.39, 0.29) is 11.3 Å². The summed E-state index contributed by atoms with van der Waals surface area (Å²) in [6, 6.07) is 14.0. The van der Waals surface area contributed by atoms with Gasteiger partial charge in [-0.3, -0.25) is 4.79 Å². The van der Waals surface area contributed by atoms with Crippen LogP contribution in [-0.4, -0.2) is 30.2 Å². The van der Waals surface area contributed by atoms with Crippen LogP contribution in [0.2, 0.25) is 0 Å². The van der Waals surface area contributed by atoms with Crippen LogP contribution in [0, 0.1) is 11.3 Å². The predicted octanol–water partition coefficient (Wildman–Crippen LogP) is 3.66. The molecule has 0 fully saturated rings. The highest BCUT2D eigenvalue weighted by Gasteiger charge is 2.19. The summed E-state index contributed by atoms with van der Waals surface area (Å²) >= 11 is 0. The molecule has 2 rings (SSSR count). The van der Waals surface area contributed by atoms with Crippen LogP contribution in [0.15, 0.2) is 48.0 Å². The number of nitriles is 1. The third-order valence-corrected chi connectivity index (χ3v) is 4.16. The molecule has 1 atom stereocenters. The quantitative estimate of drug-likeness (QED) is 0.522. The summed E-state index contributed by atoms with van der Waals surface area (Å²) in [5.74, 6) is -1.31. The highest BCUT2D eigenvalue weighted by atomic mass is 16.5. The minimum atomic E-state index is -1.15. The maximum Gasteiger partial charge on any atom is 0.344 e. The smallest absolute Gasteiger partial charge is 0.344 e. The minimum Gasteiger partial charge on any atom is -0.493 e. The summed E-state index contributed by atoms with van der Waals surface area (Å²) in [6.45, 7) is 3.41. The minimum absolute atomic E-state index is 0.137. The number of carboxylic acid groups (broad SMARTS) is 1. The first-order valence-corrected chi connectivity index (χ1v) is 8.98. The van der Waals surface area contributed by atoms with Gasteiger partial charge >= 0.3 is 5.97 Å². The van der Waals surface area contributed by atoms with Gasteiger partial charge in [0.1, 0.15) is 11.6 Å². The second kappa shape index (κ2) is 9.95. The lowest BCUT2D eigenvalue weighted by molar-refractivity contribution is -0.144. The molecule has 0 unspecified atom stereocenters. The zero-order valence-corrected chi connectivity index (χ0v) is 16.4. The van der Waals surface area contributed by atoms with Gasteiger partial charge < -0.3 is 19.9 Å². The van der Waals surface area contributed by atoms with Crippen molar-refractivity contribution in [2.75, 3.05) is 12.4 Å². The molecule has 2 N–H and O–H groups in total. The summed E-state index contributed by atoms with van der Waals surface area (Å²) in [4.78, 5) is 23.7. The third-order valence-electron chi connectivity index (χ3n) is 4.16. The normalized spacial score (nSPS) is 11.9. The number of para-hydroxylation sites is 1. The Bertz CT molecular complexity index is 958. The standard InChI is InChI=1S/C22H22N2O5/c1-4-15-8-10-18(11-9-15)24-21(25)17(13-23)12-16-6-5-7-19(28-3)20(16)29-14(2)22(26)27/h5-12,14H,4H2,1-3H3,(H,24,25)(H,26,27)/b17-12-/t14-/m0/s1. The van der Waals surface area contributed by atoms with Crippen molar-refractivity contribution in [1.82, 2.24) is 0 Å². The molecule has 0 radical (unpaired) electrons. The maximum absolute atomic E-state index is 12.5. The van der Waals surface area contributed by atoms with E-state index in [9.17, 15) is 14.9 Å². The number of amides is 1. The van der Waals surface area contributed by atoms with Gasteiger partial charge in [0.25, 0.3) is 5.91 Å². The van der Waals surface area contributed by atoms with E-state index in [1.807, 2.05) is 25.1 Å². The van der Waals surface area contributed by atoms with Gasteiger partial charge in [-0.15, -0.1) is 0 Å². The fourth-order valence-corrected chi connectivity index (χ4v) is 2.49. The van der Waals surface area contributed by atoms with E-state index in [0.717, 1.165) is 12.0 Å². The molecule has 0 saturated carbocycles. The zero-order valence-electron chi connectivity index (χ0n) is 16.4. The Hall–Kier alpha value is -3.79. The van der Waals surface area contributed by atoms with E-state index >= 15 is 0 Å². The molecule has 2 aromatic rings. The Balaban J connectivity index is 2.34. The molecule has 7 nitrogen and oxygen atoms in total. The fourth-order valence-electron chi connectivity index (χ4n) is 2.49. The van der Waals surface area contributed by atoms with E-state index in [0.29, 0.717) is 17.0 Å². The number of nitrogens with zero attached hydrogens (tertiary/aromatic N) is 1. The molecule has 0 bridgehead atoms. The van der Waals surface area contributed by atoms with Crippen LogP contribution < -0.4 is 14.8 Å². The SMILES string of the molecule is CCc1ccc(NC(=O)/C(C#N)=C\c2cccc(OC)c2O[C@@H](C)C(=O)O)cc1. The van der Waals surface area contributed by atoms with Gasteiger partial charge in [0, 0.05) is 11.3 Å². The number of aryl methyl sites for hydroxylation is 1. The van der Waals surface area contributed by atoms with Crippen molar-refractivity contribution in [3.63, 3.8) is 0 Å². The Labute approximate surface area is 169 Å². The second-order valence-corrected chi connectivity index (χ2v) is 6.15. The number of carboxylic acids is 1. The molecule has 0 aliphatic heterocycles. The van der Waals surface area contributed by atoms with Gasteiger partial charge in [-0.1, -0.05) is 31.2 Å². The highest BCUT2D eigenvalue weighted by molar-refractivity contribution is 6.09. The fraction of sp³-hybridized carbons (Fsp3) is 0.227. The number of rotatable bonds is 8. The number of nitrogens with one attached hydrogen (secondary N) is 1. The summed E-state index contributed by atoms with van der Waals surface area (Å²) in [7, 11) is 1.42. The average molecular weight is 394 g/mol. The van der Waals surface area contributed by atoms with Gasteiger partial charge in [-0.05, 0) is 43.2 Å². The van der Waals surface area contributed by atoms with Crippen molar-refractivity contribution in [2.24, 2.45) is 0 Å². The van der Waals surface area contributed by atoms with Gasteiger partial charge in [-0.2, -0.15) is 5.26 Å². The molecule has 0 spiro atoms. The van der Waals surface area contributed by atoms with Crippen LogP contribution in [0.25, 0.3) is 6.08 Å². The molecule has 0 heterocycles. The van der Waals surface area contributed by atoms with Gasteiger partial charge in [0.05, 0.1) is 7.11 Å². The van der Waals surface area contributed by atoms with Gasteiger partial charge in [0.2, 0.25) is 0 Å². The van der Waals surface area contributed by atoms with Crippen LogP contribution >= 0.6 is 0 Å². The predicted molar refractivity (Wildman–Crippen MR) is 109 cm³/mol. The van der Waals surface area contributed by atoms with Crippen molar-refractivity contribution in [2.45, 2.75) is 26.4 Å². The summed E-state index contributed by atoms with van der Waals surface area (Å²) in [6.07, 6.45) is 1.07. The van der Waals surface area contributed by atoms with Gasteiger partial charge in [0.15, 0.2) is 17.6 Å². The molecule has 1 amide bonds. The van der Waals surface area contributed by atoms with Crippen molar-refractivity contribution >= 4 is 23.6 Å². The first kappa shape index (κ1) is 21.5. The number of methoxy groups -OCH3 is 1. The lowest BCUT2D eigenvalue weighted by atomic mass is 10.1. The Morgan fingerprint density at radius 2 is 1.93 bits per heavy atom. The molecular weight excluding hydrogens is 372 g/mol. The van der Waals surface area contributed by atoms with Crippen LogP contribution in [0.1, 0.15) is 25.0 Å². The average Bonchev–Trinajstić information content (AvgIpc) is 2.73. The lowest BCUT2D eigenvalue weighted by Gasteiger charge is -2.16. The van der Waals surface area contributed by atoms with Crippen molar-refractivity contribution < 1.29 is 24.2 Å². The first-order valence-electron chi connectivity index (χ1n) is 8.98. The van der Waals surface area contributed by atoms with Crippen LogP contribution in [-0.2, 0) is 16.0 Å². The summed E-state index contributed by atoms with van der Waals surface area (Å²) in [5, 5.41) is 21.3. The van der Waals surface area contributed by atoms with Crippen molar-refractivity contribution in [1.29, 1.82) is 5.26 Å². The summed E-state index contributed by atoms with van der Waals surface area (Å²) < 4.78 is 10.7. The van der Waals surface area contributed by atoms with Crippen LogP contribution in [0.4, 0.5) is 5.69 Å². The molecule has 0 aliphatic rings. The highest BCUT2D eigenvalue weighted by Crippen LogP contribution is 2.33. The molecular formula is C22H22N2O5. The first-order chi connectivity index (χ1) is 13.9. The van der Waals surface area contributed by atoms with E-state index in [4.69, 9.17) is 14.6 Å². The Kier molecular flexibility index (Phi) is 7.38.